The van der Waals surface area contributed by atoms with E-state index in [0.717, 1.165) is 30.5 Å². The van der Waals surface area contributed by atoms with Gasteiger partial charge >= 0.3 is 6.09 Å². The minimum atomic E-state index is -3.66. The van der Waals surface area contributed by atoms with Gasteiger partial charge in [0.25, 0.3) is 0 Å². The molecule has 2 aromatic rings. The predicted octanol–water partition coefficient (Wildman–Crippen LogP) is 4.62. The quantitative estimate of drug-likeness (QED) is 0.300. The van der Waals surface area contributed by atoms with Gasteiger partial charge in [0.05, 0.1) is 30.3 Å². The van der Waals surface area contributed by atoms with Gasteiger partial charge in [-0.15, -0.1) is 0 Å². The van der Waals surface area contributed by atoms with Crippen molar-refractivity contribution < 1.29 is 36.3 Å². The normalized spacial score (nSPS) is 24.6. The zero-order chi connectivity index (χ0) is 38.7. The van der Waals surface area contributed by atoms with Crippen molar-refractivity contribution in [3.05, 3.63) is 72.6 Å². The van der Waals surface area contributed by atoms with Crippen molar-refractivity contribution in [2.24, 2.45) is 11.8 Å². The van der Waals surface area contributed by atoms with Gasteiger partial charge in [0, 0.05) is 50.2 Å². The highest BCUT2D eigenvalue weighted by Gasteiger charge is 2.53. The number of alkyl carbamates (subject to hydrolysis) is 1. The number of alkyl halides is 1. The second kappa shape index (κ2) is 16.4. The van der Waals surface area contributed by atoms with Crippen LogP contribution in [0.4, 0.5) is 19.3 Å². The average Bonchev–Trinajstić information content (AvgIpc) is 3.62. The van der Waals surface area contributed by atoms with Gasteiger partial charge in [-0.1, -0.05) is 25.1 Å². The Kier molecular flexibility index (Phi) is 12.0. The molecule has 1 saturated carbocycles. The minimum Gasteiger partial charge on any atom is -0.453 e. The first-order valence-electron chi connectivity index (χ1n) is 19.0. The number of nitrogens with zero attached hydrogens (tertiary/aromatic N) is 3. The Morgan fingerprint density at radius 1 is 1.02 bits per heavy atom. The summed E-state index contributed by atoms with van der Waals surface area (Å²) in [5.74, 6) is -0.889. The van der Waals surface area contributed by atoms with Crippen LogP contribution in [0, 0.1) is 17.7 Å². The Morgan fingerprint density at radius 3 is 2.39 bits per heavy atom. The van der Waals surface area contributed by atoms with Crippen molar-refractivity contribution in [2.45, 2.75) is 79.1 Å². The smallest absolute Gasteiger partial charge is 0.407 e. The van der Waals surface area contributed by atoms with E-state index < -0.39 is 32.3 Å². The molecule has 0 aromatic heterocycles. The number of sulfone groups is 1. The lowest BCUT2D eigenvalue weighted by Crippen LogP contribution is -2.65. The molecule has 3 aliphatic heterocycles. The highest BCUT2D eigenvalue weighted by molar-refractivity contribution is 7.92. The summed E-state index contributed by atoms with van der Waals surface area (Å²) in [6.45, 7) is 7.78. The molecule has 0 bridgehead atoms. The SMILES string of the molecule is C=CC(=O)N1CCCC(S(=O)(=O)c2ccc(N3CC(F)(CN4CCC([C@@](CNC(C)=O)(c5cccc(F)c5)[C@H]5CCC[C@@H]5NC(=O)OC)CC4)C3)cc2)C1. The minimum absolute atomic E-state index is 0.0230. The summed E-state index contributed by atoms with van der Waals surface area (Å²) in [7, 11) is -2.33. The topological polar surface area (TPSA) is 128 Å². The first-order valence-corrected chi connectivity index (χ1v) is 20.6. The van der Waals surface area contributed by atoms with E-state index in [9.17, 15) is 27.2 Å². The lowest BCUT2D eigenvalue weighted by molar-refractivity contribution is -0.126. The summed E-state index contributed by atoms with van der Waals surface area (Å²) in [4.78, 5) is 42.6. The van der Waals surface area contributed by atoms with Crippen LogP contribution in [0.25, 0.3) is 0 Å². The van der Waals surface area contributed by atoms with Gasteiger partial charge in [0.1, 0.15) is 5.82 Å². The van der Waals surface area contributed by atoms with Crippen LogP contribution in [-0.4, -0.2) is 113 Å². The number of carbonyl (C=O) groups is 3. The number of hydrogen-bond donors (Lipinski definition) is 2. The molecule has 4 atom stereocenters. The first kappa shape index (κ1) is 39.6. The number of hydrogen-bond acceptors (Lipinski definition) is 8. The molecule has 3 saturated heterocycles. The van der Waals surface area contributed by atoms with Crippen LogP contribution in [0.3, 0.4) is 0 Å². The molecule has 3 heterocycles. The van der Waals surface area contributed by atoms with Crippen LogP contribution in [0.5, 0.6) is 0 Å². The van der Waals surface area contributed by atoms with Gasteiger partial charge in [-0.05, 0) is 111 Å². The van der Waals surface area contributed by atoms with E-state index in [4.69, 9.17) is 4.74 Å². The third kappa shape index (κ3) is 8.29. The second-order valence-electron chi connectivity index (χ2n) is 15.6. The van der Waals surface area contributed by atoms with Crippen molar-refractivity contribution in [1.82, 2.24) is 20.4 Å². The number of piperidine rings is 2. The number of ether oxygens (including phenoxy) is 1. The molecule has 6 rings (SSSR count). The average molecular weight is 770 g/mol. The first-order chi connectivity index (χ1) is 25.8. The van der Waals surface area contributed by atoms with Gasteiger partial charge < -0.3 is 25.2 Å². The van der Waals surface area contributed by atoms with Crippen molar-refractivity contribution >= 4 is 33.4 Å². The van der Waals surface area contributed by atoms with Gasteiger partial charge in [0.15, 0.2) is 15.5 Å². The van der Waals surface area contributed by atoms with Crippen molar-refractivity contribution in [2.75, 3.05) is 64.4 Å². The number of anilines is 1. The summed E-state index contributed by atoms with van der Waals surface area (Å²) < 4.78 is 62.9. The van der Waals surface area contributed by atoms with Crippen LogP contribution < -0.4 is 15.5 Å². The summed E-state index contributed by atoms with van der Waals surface area (Å²) in [5, 5.41) is 5.39. The molecule has 0 spiro atoms. The number of carbonyl (C=O) groups excluding carboxylic acids is 3. The fourth-order valence-electron chi connectivity index (χ4n) is 9.63. The Labute approximate surface area is 317 Å². The molecule has 4 fully saturated rings. The third-order valence-electron chi connectivity index (χ3n) is 12.3. The number of nitrogens with one attached hydrogen (secondary N) is 2. The molecule has 2 aromatic carbocycles. The molecule has 54 heavy (non-hydrogen) atoms. The van der Waals surface area contributed by atoms with Crippen LogP contribution in [0.1, 0.15) is 57.4 Å². The van der Waals surface area contributed by atoms with E-state index in [1.807, 2.05) is 11.0 Å². The van der Waals surface area contributed by atoms with Crippen LogP contribution in [0.15, 0.2) is 66.1 Å². The maximum absolute atomic E-state index is 16.2. The molecule has 2 N–H and O–H groups in total. The molecule has 14 heteroatoms. The Bertz CT molecular complexity index is 1800. The Morgan fingerprint density at radius 2 is 1.74 bits per heavy atom. The molecule has 294 valence electrons. The zero-order valence-corrected chi connectivity index (χ0v) is 32.1. The lowest BCUT2D eigenvalue weighted by atomic mass is 9.58. The molecular weight excluding hydrogens is 717 g/mol. The van der Waals surface area contributed by atoms with Gasteiger partial charge in [0.2, 0.25) is 11.8 Å². The maximum Gasteiger partial charge on any atom is 0.407 e. The van der Waals surface area contributed by atoms with E-state index in [-0.39, 0.29) is 73.1 Å². The summed E-state index contributed by atoms with van der Waals surface area (Å²) in [6.07, 6.45) is 5.57. The van der Waals surface area contributed by atoms with Crippen LogP contribution in [0.2, 0.25) is 0 Å². The predicted molar refractivity (Wildman–Crippen MR) is 202 cm³/mol. The molecule has 11 nitrogen and oxygen atoms in total. The van der Waals surface area contributed by atoms with Gasteiger partial charge in [-0.25, -0.2) is 22.0 Å². The van der Waals surface area contributed by atoms with E-state index >= 15 is 4.39 Å². The van der Waals surface area contributed by atoms with Crippen molar-refractivity contribution in [1.29, 1.82) is 0 Å². The van der Waals surface area contributed by atoms with Crippen molar-refractivity contribution in [3.63, 3.8) is 0 Å². The number of amides is 3. The Hall–Kier alpha value is -4.04. The highest BCUT2D eigenvalue weighted by Crippen LogP contribution is 2.50. The molecule has 1 aliphatic carbocycles. The fourth-order valence-corrected chi connectivity index (χ4v) is 11.4. The summed E-state index contributed by atoms with van der Waals surface area (Å²) in [6, 6.07) is 12.9. The van der Waals surface area contributed by atoms with Gasteiger partial charge in [-0.3, -0.25) is 14.5 Å². The molecule has 4 aliphatic rings. The Balaban J connectivity index is 1.11. The lowest BCUT2D eigenvalue weighted by Gasteiger charge is -2.52. The van der Waals surface area contributed by atoms with Crippen LogP contribution in [-0.2, 0) is 29.6 Å². The monoisotopic (exact) mass is 769 g/mol. The number of rotatable bonds is 12. The number of likely N-dealkylation sites (tertiary alicyclic amines) is 2. The number of methoxy groups -OCH3 is 1. The fraction of sp³-hybridized carbons (Fsp3) is 0.575. The number of halogens is 2. The third-order valence-corrected chi connectivity index (χ3v) is 14.5. The van der Waals surface area contributed by atoms with Crippen molar-refractivity contribution in [3.8, 4) is 0 Å². The molecule has 1 unspecified atom stereocenters. The van der Waals surface area contributed by atoms with Gasteiger partial charge in [-0.2, -0.15) is 0 Å². The highest BCUT2D eigenvalue weighted by atomic mass is 32.2. The van der Waals surface area contributed by atoms with E-state index in [1.165, 1.54) is 31.1 Å². The van der Waals surface area contributed by atoms with E-state index in [1.54, 1.807) is 36.4 Å². The molecule has 3 amide bonds. The van der Waals surface area contributed by atoms with E-state index in [0.29, 0.717) is 45.3 Å². The molecular formula is C40H53F2N5O6S. The van der Waals surface area contributed by atoms with Crippen LogP contribution >= 0.6 is 0 Å². The summed E-state index contributed by atoms with van der Waals surface area (Å²) in [5.41, 5.74) is -0.589. The molecule has 0 radical (unpaired) electrons. The largest absolute Gasteiger partial charge is 0.453 e. The van der Waals surface area contributed by atoms with E-state index in [2.05, 4.69) is 22.1 Å². The zero-order valence-electron chi connectivity index (χ0n) is 31.3. The second-order valence-corrected chi connectivity index (χ2v) is 17.8. The maximum atomic E-state index is 16.2. The number of benzene rings is 2. The summed E-state index contributed by atoms with van der Waals surface area (Å²) >= 11 is 0. The standard InChI is InChI=1S/C40H53F2N5O6S/c1-4-37(49)46-19-7-10-34(23-46)54(51,52)33-15-13-32(14-16-33)47-26-39(42,27-47)25-45-20-17-29(18-21-45)40(24-43-28(2)48,30-8-5-9-31(41)22-30)35-11-6-12-36(35)44-38(50)53-3/h4-5,8-9,13-16,22,29,34-36H,1,6-7,10-12,17-21,23-27H2,2-3H3,(H,43,48)(H,44,50)/t34?,35-,36-,40-/m0/s1.